The third-order valence-electron chi connectivity index (χ3n) is 4.46. The minimum absolute atomic E-state index is 0.101. The van der Waals surface area contributed by atoms with Crippen LogP contribution in [0.15, 0.2) is 26.0 Å². The first kappa shape index (κ1) is 15.6. The lowest BCUT2D eigenvalue weighted by Crippen LogP contribution is -2.49. The van der Waals surface area contributed by atoms with Crippen LogP contribution in [0.3, 0.4) is 0 Å². The monoisotopic (exact) mass is 319 g/mol. The number of aryl methyl sites for hydroxylation is 1. The van der Waals surface area contributed by atoms with Crippen molar-refractivity contribution in [3.8, 4) is 11.5 Å². The van der Waals surface area contributed by atoms with Crippen molar-refractivity contribution in [2.45, 2.75) is 58.7 Å². The predicted molar refractivity (Wildman–Crippen MR) is 82.8 cm³/mol. The van der Waals surface area contributed by atoms with Crippen molar-refractivity contribution in [1.82, 2.24) is 14.7 Å². The van der Waals surface area contributed by atoms with Gasteiger partial charge in [-0.05, 0) is 46.1 Å². The Hall–Kier alpha value is -2.31. The van der Waals surface area contributed by atoms with E-state index in [1.54, 1.807) is 13.0 Å². The molecule has 7 heteroatoms. The molecular weight excluding hydrogens is 298 g/mol. The average molecular weight is 319 g/mol. The van der Waals surface area contributed by atoms with E-state index in [1.165, 1.54) is 6.26 Å². The largest absolute Gasteiger partial charge is 0.469 e. The molecule has 0 saturated carbocycles. The summed E-state index contributed by atoms with van der Waals surface area (Å²) in [5.41, 5.74) is 0.619. The molecule has 2 aromatic rings. The molecular formula is C16H21N3O4. The minimum Gasteiger partial charge on any atom is -0.469 e. The third-order valence-corrected chi connectivity index (χ3v) is 4.46. The number of aromatic nitrogens is 2. The molecule has 7 nitrogen and oxygen atoms in total. The zero-order valence-corrected chi connectivity index (χ0v) is 13.6. The Balaban J connectivity index is 1.80. The summed E-state index contributed by atoms with van der Waals surface area (Å²) >= 11 is 0. The Morgan fingerprint density at radius 3 is 2.65 bits per heavy atom. The van der Waals surface area contributed by atoms with Crippen LogP contribution < -0.4 is 5.76 Å². The number of hydrogen-bond acceptors (Lipinski definition) is 5. The number of rotatable bonds is 3. The molecule has 0 aromatic carbocycles. The van der Waals surface area contributed by atoms with E-state index < -0.39 is 5.76 Å². The van der Waals surface area contributed by atoms with Gasteiger partial charge in [-0.3, -0.25) is 4.79 Å². The van der Waals surface area contributed by atoms with Gasteiger partial charge in [-0.25, -0.2) is 4.79 Å². The zero-order valence-electron chi connectivity index (χ0n) is 13.6. The van der Waals surface area contributed by atoms with Crippen molar-refractivity contribution in [3.63, 3.8) is 0 Å². The first-order valence-corrected chi connectivity index (χ1v) is 7.91. The van der Waals surface area contributed by atoms with Gasteiger partial charge in [0.05, 0.1) is 11.8 Å². The summed E-state index contributed by atoms with van der Waals surface area (Å²) in [4.78, 5) is 26.4. The molecule has 0 aliphatic carbocycles. The third kappa shape index (κ3) is 2.95. The molecule has 0 radical (unpaired) electrons. The molecule has 3 rings (SSSR count). The maximum Gasteiger partial charge on any atom is 0.437 e. The Labute approximate surface area is 133 Å². The molecule has 2 aromatic heterocycles. The van der Waals surface area contributed by atoms with Crippen molar-refractivity contribution >= 4 is 5.91 Å². The number of carbonyl (C=O) groups is 1. The number of carbonyl (C=O) groups excluding carboxylic acids is 1. The lowest BCUT2D eigenvalue weighted by Gasteiger charge is -2.38. The fourth-order valence-corrected chi connectivity index (χ4v) is 3.24. The Bertz CT molecular complexity index is 747. The fraction of sp³-hybridized carbons (Fsp3) is 0.562. The van der Waals surface area contributed by atoms with E-state index in [0.717, 1.165) is 23.9 Å². The van der Waals surface area contributed by atoms with Crippen LogP contribution in [0.4, 0.5) is 0 Å². The van der Waals surface area contributed by atoms with Gasteiger partial charge in [0.15, 0.2) is 0 Å². The molecule has 23 heavy (non-hydrogen) atoms. The normalized spacial score (nSPS) is 21.6. The quantitative estimate of drug-likeness (QED) is 0.866. The number of piperidine rings is 1. The van der Waals surface area contributed by atoms with Gasteiger partial charge in [-0.2, -0.15) is 4.68 Å². The first-order chi connectivity index (χ1) is 11.0. The van der Waals surface area contributed by atoms with Crippen LogP contribution in [0, 0.1) is 6.92 Å². The second kappa shape index (κ2) is 6.06. The zero-order chi connectivity index (χ0) is 16.6. The van der Waals surface area contributed by atoms with E-state index in [-0.39, 0.29) is 30.4 Å². The SMILES string of the molecule is Cc1occc1-c1nn(CC(=O)N2[C@H](C)CCC[C@@H]2C)c(=O)o1. The van der Waals surface area contributed by atoms with Crippen molar-refractivity contribution < 1.29 is 13.6 Å². The van der Waals surface area contributed by atoms with Crippen LogP contribution in [0.25, 0.3) is 11.5 Å². The van der Waals surface area contributed by atoms with Crippen molar-refractivity contribution in [1.29, 1.82) is 0 Å². The topological polar surface area (TPSA) is 81.5 Å². The summed E-state index contributed by atoms with van der Waals surface area (Å²) in [6.07, 6.45) is 4.61. The average Bonchev–Trinajstić information content (AvgIpc) is 3.05. The summed E-state index contributed by atoms with van der Waals surface area (Å²) in [5.74, 6) is 0.0543. The first-order valence-electron chi connectivity index (χ1n) is 7.91. The molecule has 0 N–H and O–H groups in total. The van der Waals surface area contributed by atoms with Gasteiger partial charge in [0.2, 0.25) is 5.91 Å². The molecule has 1 fully saturated rings. The second-order valence-electron chi connectivity index (χ2n) is 6.15. The van der Waals surface area contributed by atoms with Crippen LogP contribution in [0.5, 0.6) is 0 Å². The molecule has 1 aliphatic heterocycles. The maximum absolute atomic E-state index is 12.6. The number of furan rings is 1. The van der Waals surface area contributed by atoms with Crippen LogP contribution >= 0.6 is 0 Å². The molecule has 3 heterocycles. The van der Waals surface area contributed by atoms with E-state index in [4.69, 9.17) is 8.83 Å². The van der Waals surface area contributed by atoms with Crippen LogP contribution in [0.1, 0.15) is 38.9 Å². The highest BCUT2D eigenvalue weighted by Gasteiger charge is 2.29. The Morgan fingerprint density at radius 1 is 1.35 bits per heavy atom. The molecule has 1 saturated heterocycles. The molecule has 1 aliphatic rings. The summed E-state index contributed by atoms with van der Waals surface area (Å²) in [7, 11) is 0. The van der Waals surface area contributed by atoms with Crippen molar-refractivity contribution in [3.05, 3.63) is 28.6 Å². The maximum atomic E-state index is 12.6. The Kier molecular flexibility index (Phi) is 4.11. The van der Waals surface area contributed by atoms with Gasteiger partial charge in [-0.1, -0.05) is 0 Å². The number of amides is 1. The van der Waals surface area contributed by atoms with Crippen LogP contribution in [-0.2, 0) is 11.3 Å². The van der Waals surface area contributed by atoms with Gasteiger partial charge in [0, 0.05) is 12.1 Å². The van der Waals surface area contributed by atoms with Gasteiger partial charge < -0.3 is 13.7 Å². The molecule has 124 valence electrons. The van der Waals surface area contributed by atoms with E-state index in [2.05, 4.69) is 5.10 Å². The summed E-state index contributed by atoms with van der Waals surface area (Å²) in [5, 5.41) is 4.13. The summed E-state index contributed by atoms with van der Waals surface area (Å²) in [6.45, 7) is 5.74. The minimum atomic E-state index is -0.633. The fourth-order valence-electron chi connectivity index (χ4n) is 3.24. The van der Waals surface area contributed by atoms with Gasteiger partial charge in [0.1, 0.15) is 12.3 Å². The highest BCUT2D eigenvalue weighted by molar-refractivity contribution is 5.76. The molecule has 0 unspecified atom stereocenters. The van der Waals surface area contributed by atoms with Crippen molar-refractivity contribution in [2.75, 3.05) is 0 Å². The lowest BCUT2D eigenvalue weighted by molar-refractivity contribution is -0.138. The smallest absolute Gasteiger partial charge is 0.437 e. The van der Waals surface area contributed by atoms with E-state index in [1.807, 2.05) is 18.7 Å². The van der Waals surface area contributed by atoms with Gasteiger partial charge in [-0.15, -0.1) is 5.10 Å². The van der Waals surface area contributed by atoms with Crippen molar-refractivity contribution in [2.24, 2.45) is 0 Å². The van der Waals surface area contributed by atoms with Gasteiger partial charge >= 0.3 is 5.76 Å². The van der Waals surface area contributed by atoms with E-state index in [0.29, 0.717) is 11.3 Å². The summed E-state index contributed by atoms with van der Waals surface area (Å²) < 4.78 is 11.4. The number of hydrogen-bond donors (Lipinski definition) is 0. The number of nitrogens with zero attached hydrogens (tertiary/aromatic N) is 3. The Morgan fingerprint density at radius 2 is 2.04 bits per heavy atom. The second-order valence-corrected chi connectivity index (χ2v) is 6.15. The molecule has 0 spiro atoms. The predicted octanol–water partition coefficient (Wildman–Crippen LogP) is 2.19. The summed E-state index contributed by atoms with van der Waals surface area (Å²) in [6, 6.07) is 2.05. The molecule has 0 bridgehead atoms. The van der Waals surface area contributed by atoms with E-state index in [9.17, 15) is 9.59 Å². The van der Waals surface area contributed by atoms with Crippen LogP contribution in [0.2, 0.25) is 0 Å². The highest BCUT2D eigenvalue weighted by Crippen LogP contribution is 2.23. The van der Waals surface area contributed by atoms with Crippen LogP contribution in [-0.4, -0.2) is 32.7 Å². The number of likely N-dealkylation sites (tertiary alicyclic amines) is 1. The van der Waals surface area contributed by atoms with Gasteiger partial charge in [0.25, 0.3) is 5.89 Å². The standard InChI is InChI=1S/C16H21N3O4/c1-10-5-4-6-11(2)19(10)14(20)9-18-16(21)23-15(17-18)13-7-8-22-12(13)3/h7-8,10-11H,4-6,9H2,1-3H3/t10-,11+. The van der Waals surface area contributed by atoms with E-state index >= 15 is 0 Å². The molecule has 2 atom stereocenters. The highest BCUT2D eigenvalue weighted by atomic mass is 16.4. The lowest BCUT2D eigenvalue weighted by atomic mass is 9.97. The molecule has 1 amide bonds.